The lowest BCUT2D eigenvalue weighted by Crippen LogP contribution is -2.71. The lowest BCUT2D eigenvalue weighted by atomic mass is 9.33. The highest BCUT2D eigenvalue weighted by Gasteiger charge is 2.74. The van der Waals surface area contributed by atoms with Crippen LogP contribution < -0.4 is 14.2 Å². The summed E-state index contributed by atoms with van der Waals surface area (Å²) < 4.78 is 108. The fourth-order valence-corrected chi connectivity index (χ4v) is 21.6. The molecule has 11 fully saturated rings. The largest absolute Gasteiger partial charge is 0.493 e. The molecule has 120 heavy (non-hydrogen) atoms. The first kappa shape index (κ1) is 92.9. The highest BCUT2D eigenvalue weighted by molar-refractivity contribution is 5.87. The molecule has 39 atom stereocenters. The molecule has 0 radical (unpaired) electrons. The Morgan fingerprint density at radius 2 is 1.09 bits per heavy atom. The van der Waals surface area contributed by atoms with E-state index in [1.54, 1.807) is 12.1 Å². The minimum atomic E-state index is -2.36. The second-order valence-corrected chi connectivity index (χ2v) is 36.2. The van der Waals surface area contributed by atoms with E-state index in [-0.39, 0.29) is 55.8 Å². The molecular formula is C80H120O40. The van der Waals surface area contributed by atoms with Gasteiger partial charge in [-0.3, -0.25) is 9.59 Å². The smallest absolute Gasteiger partial charge is 0.331 e. The van der Waals surface area contributed by atoms with Crippen LogP contribution in [-0.2, 0) is 85.4 Å². The number of esters is 2. The van der Waals surface area contributed by atoms with Crippen molar-refractivity contribution in [2.75, 3.05) is 74.2 Å². The third kappa shape index (κ3) is 16.2. The Hall–Kier alpha value is -4.73. The zero-order valence-electron chi connectivity index (χ0n) is 68.5. The number of fused-ring (bicyclic) bond motifs is 7. The number of carboxylic acids is 1. The highest BCUT2D eigenvalue weighted by Crippen LogP contribution is 2.76. The first-order chi connectivity index (χ1) is 56.6. The maximum atomic E-state index is 16.3. The molecule has 40 nitrogen and oxygen atoms in total. The quantitative estimate of drug-likeness (QED) is 0.0189. The number of carbonyl (C=O) groups is 3. The highest BCUT2D eigenvalue weighted by atomic mass is 16.8. The summed E-state index contributed by atoms with van der Waals surface area (Å²) in [6.07, 6.45) is -46.4. The molecule has 0 amide bonds. The molecule has 39 unspecified atom stereocenters. The molecular weight excluding hydrogens is 1600 g/mol. The normalized spacial score (nSPS) is 48.8. The Kier molecular flexibility index (Phi) is 27.5. The van der Waals surface area contributed by atoms with Gasteiger partial charge in [0, 0.05) is 11.5 Å². The summed E-state index contributed by atoms with van der Waals surface area (Å²) in [6, 6.07) is 3.08. The fraction of sp³-hybridized carbons (Fsp3) is 0.838. The molecule has 0 spiro atoms. The second kappa shape index (κ2) is 35.5. The van der Waals surface area contributed by atoms with E-state index >= 15 is 4.79 Å². The van der Waals surface area contributed by atoms with Crippen molar-refractivity contribution in [2.24, 2.45) is 50.2 Å². The van der Waals surface area contributed by atoms with Crippen LogP contribution >= 0.6 is 0 Å². The average molecular weight is 1720 g/mol. The van der Waals surface area contributed by atoms with Crippen molar-refractivity contribution < 1.29 is 197 Å². The molecule has 19 N–H and O–H groups in total. The number of rotatable bonds is 25. The van der Waals surface area contributed by atoms with Gasteiger partial charge in [-0.1, -0.05) is 39.3 Å². The zero-order chi connectivity index (χ0) is 87.4. The maximum absolute atomic E-state index is 16.3. The Morgan fingerprint density at radius 1 is 0.525 bits per heavy atom. The van der Waals surface area contributed by atoms with Gasteiger partial charge in [0.1, 0.15) is 115 Å². The number of carboxylic acid groups (broad SMARTS) is 1. The number of aliphatic hydroxyl groups is 18. The number of hydrogen-bond acceptors (Lipinski definition) is 39. The number of benzene rings is 1. The first-order valence-corrected chi connectivity index (χ1v) is 40.8. The molecule has 4 saturated carbocycles. The number of aliphatic hydroxyl groups excluding tert-OH is 16. The summed E-state index contributed by atoms with van der Waals surface area (Å²) in [5.74, 6) is -4.37. The summed E-state index contributed by atoms with van der Waals surface area (Å²) in [5.41, 5.74) is -10.3. The zero-order valence-corrected chi connectivity index (χ0v) is 68.5. The number of carbonyl (C=O) groups excluding carboxylic acids is 2. The lowest BCUT2D eigenvalue weighted by molar-refractivity contribution is -0.391. The molecule has 1 aromatic rings. The minimum absolute atomic E-state index is 0.0391. The van der Waals surface area contributed by atoms with Gasteiger partial charge in [-0.2, -0.15) is 0 Å². The SMILES string of the molecule is COc1cc(C=CC(=O)OC2C(C)OC(OC(=O)C34CCC(C)(C)CC3C3=CCC5C6(C)CC(O)C(OC7OC(CO)C(O)C(O)C7O)C(C)(C(=O)O)C6CCC5(C)C3(CO)CC4)C(OC3OC(C)C(OC4OCC(OC5OCC(O)C(O)C5O)C(OC5OCC(O)(CO)C5O)C4O)C(OC4OCC(O)(CO)C4O)C3O)C2O)cc(OC)c1OC. The first-order valence-electron chi connectivity index (χ1n) is 40.8. The van der Waals surface area contributed by atoms with Gasteiger partial charge in [-0.25, -0.2) is 4.79 Å². The summed E-state index contributed by atoms with van der Waals surface area (Å²) in [7, 11) is 4.19. The monoisotopic (exact) mass is 1720 g/mol. The Labute approximate surface area is 691 Å². The number of methoxy groups -OCH3 is 3. The number of ether oxygens (including phenoxy) is 18. The van der Waals surface area contributed by atoms with Gasteiger partial charge in [-0.05, 0) is 136 Å². The number of allylic oxidation sites excluding steroid dienone is 1. The van der Waals surface area contributed by atoms with Crippen molar-refractivity contribution in [3.63, 3.8) is 0 Å². The van der Waals surface area contributed by atoms with Crippen LogP contribution in [0, 0.1) is 50.2 Å². The minimum Gasteiger partial charge on any atom is -0.493 e. The van der Waals surface area contributed by atoms with Gasteiger partial charge in [0.15, 0.2) is 61.4 Å². The average Bonchev–Trinajstić information content (AvgIpc) is 0.943. The van der Waals surface area contributed by atoms with Crippen LogP contribution in [-0.4, -0.2) is 379 Å². The maximum Gasteiger partial charge on any atom is 0.331 e. The van der Waals surface area contributed by atoms with Crippen LogP contribution in [0.25, 0.3) is 6.08 Å². The predicted octanol–water partition coefficient (Wildman–Crippen LogP) is -4.65. The van der Waals surface area contributed by atoms with Gasteiger partial charge in [0.25, 0.3) is 0 Å². The van der Waals surface area contributed by atoms with Crippen LogP contribution in [0.4, 0.5) is 0 Å². The molecule has 5 aliphatic carbocycles. The van der Waals surface area contributed by atoms with Crippen LogP contribution in [0.1, 0.15) is 112 Å². The van der Waals surface area contributed by atoms with Crippen molar-refractivity contribution in [1.82, 2.24) is 0 Å². The van der Waals surface area contributed by atoms with Crippen LogP contribution in [0.5, 0.6) is 17.2 Å². The van der Waals surface area contributed by atoms with Gasteiger partial charge in [0.05, 0.1) is 103 Å². The molecule has 12 aliphatic rings. The molecule has 7 aliphatic heterocycles. The summed E-state index contributed by atoms with van der Waals surface area (Å²) in [4.78, 5) is 44.6. The summed E-state index contributed by atoms with van der Waals surface area (Å²) in [5, 5.41) is 214. The molecule has 13 rings (SSSR count). The topological polar surface area (TPSA) is 602 Å². The van der Waals surface area contributed by atoms with Crippen LogP contribution in [0.15, 0.2) is 29.9 Å². The van der Waals surface area contributed by atoms with E-state index in [2.05, 4.69) is 20.8 Å². The van der Waals surface area contributed by atoms with E-state index in [0.29, 0.717) is 24.8 Å². The molecule has 0 aromatic heterocycles. The van der Waals surface area contributed by atoms with E-state index in [0.717, 1.165) is 11.6 Å². The van der Waals surface area contributed by atoms with Gasteiger partial charge in [0.2, 0.25) is 12.0 Å². The van der Waals surface area contributed by atoms with Crippen molar-refractivity contribution in [2.45, 2.75) is 296 Å². The summed E-state index contributed by atoms with van der Waals surface area (Å²) in [6.45, 7) is 6.42. The lowest BCUT2D eigenvalue weighted by Gasteiger charge is -2.71. The third-order valence-corrected chi connectivity index (χ3v) is 28.7. The third-order valence-electron chi connectivity index (χ3n) is 28.7. The van der Waals surface area contributed by atoms with Crippen LogP contribution in [0.3, 0.4) is 0 Å². The molecule has 1 aromatic carbocycles. The van der Waals surface area contributed by atoms with Gasteiger partial charge >= 0.3 is 17.9 Å². The molecule has 40 heteroatoms. The van der Waals surface area contributed by atoms with Gasteiger partial charge in [-0.15, -0.1) is 0 Å². The molecule has 0 bridgehead atoms. The molecule has 680 valence electrons. The van der Waals surface area contributed by atoms with E-state index < -0.39 is 311 Å². The second-order valence-electron chi connectivity index (χ2n) is 36.2. The fourth-order valence-electron chi connectivity index (χ4n) is 21.6. The predicted molar refractivity (Wildman–Crippen MR) is 398 cm³/mol. The van der Waals surface area contributed by atoms with Crippen molar-refractivity contribution in [1.29, 1.82) is 0 Å². The van der Waals surface area contributed by atoms with E-state index in [1.807, 2.05) is 13.0 Å². The van der Waals surface area contributed by atoms with Crippen LogP contribution in [0.2, 0.25) is 0 Å². The molecule has 7 heterocycles. The Morgan fingerprint density at radius 3 is 1.69 bits per heavy atom. The van der Waals surface area contributed by atoms with Crippen molar-refractivity contribution >= 4 is 24.0 Å². The van der Waals surface area contributed by atoms with Crippen molar-refractivity contribution in [3.05, 3.63) is 35.4 Å². The summed E-state index contributed by atoms with van der Waals surface area (Å²) >= 11 is 0. The number of aliphatic carboxylic acids is 1. The number of hydrogen-bond donors (Lipinski definition) is 19. The van der Waals surface area contributed by atoms with E-state index in [4.69, 9.17) is 85.3 Å². The van der Waals surface area contributed by atoms with Gasteiger partial charge < -0.3 is 182 Å². The Bertz CT molecular complexity index is 3790. The standard InChI is InChI=1S/C80H120O40/c1-33-55(114-46(87)14-11-35-21-40(103-8)57(105-10)41(22-35)104-9)52(93)60(118-67-54(95)59(117-70-62(97)80(102,30-84)32-109-70)56(34(2)110-67)115-65-53(94)58(116-69-61(96)79(101,29-83)31-108-69)43(27-107-65)113-64-50(91)47(88)39(86)26-106-64)68(111-33)120-72(100)77-18-17-73(3,4)23-37(77)36-12-13-44-74(5)24-38(85)63(119-66-51(92)49(90)48(89)42(25-81)112-66)76(7,71(98)99)45(74)15-16-75(44,6)78(36,28-82)20-19-77/h11-12,14,21-22,33-34,37-39,42-45,47-56,58-70,81-86,88-97,101-102H,13,15-20,23-32H2,1-10H3,(H,98,99). The Balaban J connectivity index is 0.816. The van der Waals surface area contributed by atoms with E-state index in [1.165, 1.54) is 48.2 Å². The van der Waals surface area contributed by atoms with Crippen molar-refractivity contribution in [3.8, 4) is 17.2 Å². The molecule has 7 saturated heterocycles. The van der Waals surface area contributed by atoms with E-state index in [9.17, 15) is 107 Å².